The molecule has 0 unspecified atom stereocenters. The second-order valence-electron chi connectivity index (χ2n) is 6.91. The van der Waals surface area contributed by atoms with Gasteiger partial charge < -0.3 is 0 Å². The van der Waals surface area contributed by atoms with E-state index in [9.17, 15) is 0 Å². The average molecular weight is 314 g/mol. The van der Waals surface area contributed by atoms with Crippen LogP contribution in [0, 0.1) is 0 Å². The maximum Gasteiger partial charge on any atom is 0.0857 e. The summed E-state index contributed by atoms with van der Waals surface area (Å²) in [4.78, 5) is 0. The Morgan fingerprint density at radius 3 is 1.50 bits per heavy atom. The molecule has 0 bridgehead atoms. The summed E-state index contributed by atoms with van der Waals surface area (Å²) in [6, 6.07) is 26.7. The highest BCUT2D eigenvalue weighted by Gasteiger charge is 2.12. The van der Waals surface area contributed by atoms with Gasteiger partial charge in [0, 0.05) is 0 Å². The van der Waals surface area contributed by atoms with Gasteiger partial charge in [-0.05, 0) is 46.4 Å². The molecule has 2 heteroatoms. The second kappa shape index (κ2) is 6.79. The third kappa shape index (κ3) is 3.96. The van der Waals surface area contributed by atoms with Crippen molar-refractivity contribution < 1.29 is 0 Å². The number of nitrogens with zero attached hydrogens (tertiary/aromatic N) is 2. The first kappa shape index (κ1) is 16.1. The molecular weight excluding hydrogens is 292 g/mol. The van der Waals surface area contributed by atoms with Crippen molar-refractivity contribution in [3.05, 3.63) is 84.4 Å². The van der Waals surface area contributed by atoms with Crippen molar-refractivity contribution in [1.29, 1.82) is 0 Å². The van der Waals surface area contributed by atoms with E-state index in [1.165, 1.54) is 16.7 Å². The van der Waals surface area contributed by atoms with Gasteiger partial charge in [-0.2, -0.15) is 10.2 Å². The molecule has 0 radical (unpaired) electrons. The van der Waals surface area contributed by atoms with E-state index in [1.807, 2.05) is 42.5 Å². The van der Waals surface area contributed by atoms with Crippen molar-refractivity contribution in [2.24, 2.45) is 10.2 Å². The zero-order chi connectivity index (χ0) is 17.0. The lowest BCUT2D eigenvalue weighted by atomic mass is 9.87. The maximum atomic E-state index is 4.33. The zero-order valence-electron chi connectivity index (χ0n) is 14.4. The zero-order valence-corrected chi connectivity index (χ0v) is 14.4. The van der Waals surface area contributed by atoms with E-state index in [0.717, 1.165) is 11.4 Å². The Kier molecular flexibility index (Phi) is 4.57. The molecule has 0 saturated carbocycles. The second-order valence-corrected chi connectivity index (χ2v) is 6.91. The van der Waals surface area contributed by atoms with Gasteiger partial charge in [0.05, 0.1) is 11.4 Å². The standard InChI is InChI=1S/C22H22N2/c1-22(2,3)19-11-15-21(16-12-19)24-23-20-13-9-18(10-14-20)17-7-5-4-6-8-17/h4-16H,1-3H3. The van der Waals surface area contributed by atoms with Crippen molar-refractivity contribution in [3.63, 3.8) is 0 Å². The van der Waals surface area contributed by atoms with Crippen LogP contribution in [0.1, 0.15) is 26.3 Å². The SMILES string of the molecule is CC(C)(C)c1ccc(N=Nc2ccc(-c3ccccc3)cc2)cc1. The highest BCUT2D eigenvalue weighted by atomic mass is 15.1. The molecule has 2 nitrogen and oxygen atoms in total. The minimum Gasteiger partial charge on any atom is -0.151 e. The molecule has 3 aromatic carbocycles. The van der Waals surface area contributed by atoms with E-state index < -0.39 is 0 Å². The Morgan fingerprint density at radius 1 is 0.542 bits per heavy atom. The summed E-state index contributed by atoms with van der Waals surface area (Å²) in [5.74, 6) is 0. The molecule has 0 amide bonds. The first-order valence-electron chi connectivity index (χ1n) is 8.20. The van der Waals surface area contributed by atoms with Crippen LogP contribution in [0.5, 0.6) is 0 Å². The fourth-order valence-electron chi connectivity index (χ4n) is 2.49. The first-order chi connectivity index (χ1) is 11.5. The Labute approximate surface area is 143 Å². The smallest absolute Gasteiger partial charge is 0.0857 e. The molecule has 0 aliphatic carbocycles. The van der Waals surface area contributed by atoms with Crippen LogP contribution in [0.15, 0.2) is 89.1 Å². The molecule has 0 N–H and O–H groups in total. The van der Waals surface area contributed by atoms with Crippen molar-refractivity contribution >= 4 is 11.4 Å². The number of hydrogen-bond donors (Lipinski definition) is 0. The van der Waals surface area contributed by atoms with Gasteiger partial charge in [0.15, 0.2) is 0 Å². The Morgan fingerprint density at radius 2 is 1.00 bits per heavy atom. The molecule has 0 aliphatic heterocycles. The predicted octanol–water partition coefficient (Wildman–Crippen LogP) is 7.07. The van der Waals surface area contributed by atoms with Crippen LogP contribution in [-0.2, 0) is 5.41 Å². The molecule has 0 heterocycles. The normalized spacial score (nSPS) is 11.8. The minimum absolute atomic E-state index is 0.156. The van der Waals surface area contributed by atoms with Gasteiger partial charge >= 0.3 is 0 Å². The molecule has 24 heavy (non-hydrogen) atoms. The summed E-state index contributed by atoms with van der Waals surface area (Å²) >= 11 is 0. The van der Waals surface area contributed by atoms with Gasteiger partial charge in [-0.1, -0.05) is 75.4 Å². The lowest BCUT2D eigenvalue weighted by molar-refractivity contribution is 0.590. The third-order valence-electron chi connectivity index (χ3n) is 3.99. The molecule has 0 aromatic heterocycles. The molecule has 0 fully saturated rings. The summed E-state index contributed by atoms with van der Waals surface area (Å²) in [5.41, 5.74) is 5.57. The minimum atomic E-state index is 0.156. The largest absolute Gasteiger partial charge is 0.151 e. The lowest BCUT2D eigenvalue weighted by Crippen LogP contribution is -2.10. The van der Waals surface area contributed by atoms with Crippen molar-refractivity contribution in [2.75, 3.05) is 0 Å². The Bertz CT molecular complexity index is 809. The average Bonchev–Trinajstić information content (AvgIpc) is 2.61. The molecule has 120 valence electrons. The fraction of sp³-hybridized carbons (Fsp3) is 0.182. The molecule has 0 saturated heterocycles. The molecule has 3 rings (SSSR count). The predicted molar refractivity (Wildman–Crippen MR) is 101 cm³/mol. The summed E-state index contributed by atoms with van der Waals surface area (Å²) < 4.78 is 0. The molecule has 0 atom stereocenters. The summed E-state index contributed by atoms with van der Waals surface area (Å²) in [6.07, 6.45) is 0. The van der Waals surface area contributed by atoms with Crippen molar-refractivity contribution in [3.8, 4) is 11.1 Å². The van der Waals surface area contributed by atoms with Crippen LogP contribution in [0.4, 0.5) is 11.4 Å². The fourth-order valence-corrected chi connectivity index (χ4v) is 2.49. The topological polar surface area (TPSA) is 24.7 Å². The van der Waals surface area contributed by atoms with E-state index in [-0.39, 0.29) is 5.41 Å². The van der Waals surface area contributed by atoms with Crippen LogP contribution in [0.3, 0.4) is 0 Å². The van der Waals surface area contributed by atoms with Crippen molar-refractivity contribution in [2.45, 2.75) is 26.2 Å². The molecule has 3 aromatic rings. The van der Waals surface area contributed by atoms with Crippen LogP contribution in [-0.4, -0.2) is 0 Å². The number of hydrogen-bond acceptors (Lipinski definition) is 2. The maximum absolute atomic E-state index is 4.33. The van der Waals surface area contributed by atoms with Gasteiger partial charge in [-0.25, -0.2) is 0 Å². The Hall–Kier alpha value is -2.74. The van der Waals surface area contributed by atoms with E-state index in [1.54, 1.807) is 0 Å². The van der Waals surface area contributed by atoms with Crippen LogP contribution in [0.2, 0.25) is 0 Å². The quantitative estimate of drug-likeness (QED) is 0.462. The Balaban J connectivity index is 1.73. The van der Waals surface area contributed by atoms with E-state index in [4.69, 9.17) is 0 Å². The summed E-state index contributed by atoms with van der Waals surface area (Å²) in [6.45, 7) is 6.62. The summed E-state index contributed by atoms with van der Waals surface area (Å²) in [5, 5.41) is 8.66. The third-order valence-corrected chi connectivity index (χ3v) is 3.99. The van der Waals surface area contributed by atoms with E-state index >= 15 is 0 Å². The van der Waals surface area contributed by atoms with Crippen LogP contribution >= 0.6 is 0 Å². The van der Waals surface area contributed by atoms with E-state index in [0.29, 0.717) is 0 Å². The van der Waals surface area contributed by atoms with Gasteiger partial charge in [0.1, 0.15) is 0 Å². The lowest BCUT2D eigenvalue weighted by Gasteiger charge is -2.18. The monoisotopic (exact) mass is 314 g/mol. The van der Waals surface area contributed by atoms with Crippen LogP contribution < -0.4 is 0 Å². The highest BCUT2D eigenvalue weighted by Crippen LogP contribution is 2.26. The first-order valence-corrected chi connectivity index (χ1v) is 8.20. The number of benzene rings is 3. The van der Waals surface area contributed by atoms with Gasteiger partial charge in [-0.3, -0.25) is 0 Å². The van der Waals surface area contributed by atoms with Gasteiger partial charge in [-0.15, -0.1) is 0 Å². The van der Waals surface area contributed by atoms with E-state index in [2.05, 4.69) is 67.4 Å². The molecule has 0 spiro atoms. The number of rotatable bonds is 3. The van der Waals surface area contributed by atoms with Gasteiger partial charge in [0.25, 0.3) is 0 Å². The van der Waals surface area contributed by atoms with Crippen LogP contribution in [0.25, 0.3) is 11.1 Å². The highest BCUT2D eigenvalue weighted by molar-refractivity contribution is 5.65. The number of azo groups is 1. The van der Waals surface area contributed by atoms with Gasteiger partial charge in [0.2, 0.25) is 0 Å². The molecule has 0 aliphatic rings. The molecular formula is C22H22N2. The van der Waals surface area contributed by atoms with Crippen molar-refractivity contribution in [1.82, 2.24) is 0 Å². The summed E-state index contributed by atoms with van der Waals surface area (Å²) in [7, 11) is 0.